The largest absolute Gasteiger partial charge is 0.366 e. The molecular formula is C18H21ClN6S. The molecule has 136 valence electrons. The van der Waals surface area contributed by atoms with Gasteiger partial charge in [-0.3, -0.25) is 4.68 Å². The van der Waals surface area contributed by atoms with E-state index in [0.29, 0.717) is 6.04 Å². The maximum Gasteiger partial charge on any atom is 0.205 e. The average molecular weight is 389 g/mol. The van der Waals surface area contributed by atoms with E-state index in [2.05, 4.69) is 30.7 Å². The van der Waals surface area contributed by atoms with E-state index in [9.17, 15) is 0 Å². The average Bonchev–Trinajstić information content (AvgIpc) is 3.25. The molecule has 3 heterocycles. The van der Waals surface area contributed by atoms with Crippen LogP contribution in [-0.4, -0.2) is 38.3 Å². The fourth-order valence-electron chi connectivity index (χ4n) is 3.19. The minimum absolute atomic E-state index is 0.440. The first-order valence-corrected chi connectivity index (χ1v) is 9.90. The highest BCUT2D eigenvalue weighted by atomic mass is 35.5. The zero-order valence-corrected chi connectivity index (χ0v) is 16.2. The molecule has 0 unspecified atom stereocenters. The third kappa shape index (κ3) is 4.16. The maximum absolute atomic E-state index is 6.05. The van der Waals surface area contributed by atoms with Gasteiger partial charge in [0.15, 0.2) is 0 Å². The molecule has 0 aliphatic carbocycles. The Labute approximate surface area is 162 Å². The molecule has 0 bridgehead atoms. The molecule has 2 aromatic heterocycles. The van der Waals surface area contributed by atoms with Gasteiger partial charge in [0.1, 0.15) is 11.6 Å². The number of hydrogen-bond donors (Lipinski definition) is 1. The van der Waals surface area contributed by atoms with Crippen molar-refractivity contribution < 1.29 is 0 Å². The first-order valence-electron chi connectivity index (χ1n) is 8.75. The molecule has 3 aromatic rings. The van der Waals surface area contributed by atoms with E-state index in [1.54, 1.807) is 0 Å². The summed E-state index contributed by atoms with van der Waals surface area (Å²) in [5.74, 6) is 1.78. The van der Waals surface area contributed by atoms with Crippen LogP contribution in [0, 0.1) is 6.92 Å². The van der Waals surface area contributed by atoms with Crippen LogP contribution in [0.25, 0.3) is 0 Å². The van der Waals surface area contributed by atoms with E-state index in [-0.39, 0.29) is 0 Å². The molecule has 8 heteroatoms. The van der Waals surface area contributed by atoms with Crippen molar-refractivity contribution in [2.45, 2.75) is 32.4 Å². The maximum atomic E-state index is 6.05. The molecule has 0 spiro atoms. The van der Waals surface area contributed by atoms with Crippen molar-refractivity contribution in [2.75, 3.05) is 23.3 Å². The lowest BCUT2D eigenvalue weighted by molar-refractivity contribution is 0.523. The van der Waals surface area contributed by atoms with Gasteiger partial charge in [-0.25, -0.2) is 4.98 Å². The van der Waals surface area contributed by atoms with Crippen LogP contribution in [0.1, 0.15) is 24.2 Å². The van der Waals surface area contributed by atoms with Crippen molar-refractivity contribution in [3.8, 4) is 0 Å². The lowest BCUT2D eigenvalue weighted by Crippen LogP contribution is -2.39. The lowest BCUT2D eigenvalue weighted by atomic mass is 10.1. The van der Waals surface area contributed by atoms with Gasteiger partial charge in [0.05, 0.1) is 6.54 Å². The molecule has 6 nitrogen and oxygen atoms in total. The first-order chi connectivity index (χ1) is 12.7. The van der Waals surface area contributed by atoms with Gasteiger partial charge in [-0.15, -0.1) is 0 Å². The van der Waals surface area contributed by atoms with Gasteiger partial charge < -0.3 is 10.2 Å². The molecule has 26 heavy (non-hydrogen) atoms. The topological polar surface area (TPSA) is 58.9 Å². The number of rotatable bonds is 5. The highest BCUT2D eigenvalue weighted by molar-refractivity contribution is 7.09. The number of piperidine rings is 1. The monoisotopic (exact) mass is 388 g/mol. The number of aromatic nitrogens is 4. The Balaban J connectivity index is 1.31. The summed E-state index contributed by atoms with van der Waals surface area (Å²) in [6.45, 7) is 4.65. The van der Waals surface area contributed by atoms with Gasteiger partial charge in [0, 0.05) is 47.9 Å². The van der Waals surface area contributed by atoms with Crippen molar-refractivity contribution in [1.29, 1.82) is 0 Å². The van der Waals surface area contributed by atoms with Gasteiger partial charge >= 0.3 is 0 Å². The van der Waals surface area contributed by atoms with Crippen LogP contribution in [0.2, 0.25) is 5.02 Å². The summed E-state index contributed by atoms with van der Waals surface area (Å²) in [4.78, 5) is 6.80. The van der Waals surface area contributed by atoms with Gasteiger partial charge in [0.2, 0.25) is 5.13 Å². The second kappa shape index (κ2) is 7.63. The smallest absolute Gasteiger partial charge is 0.205 e. The van der Waals surface area contributed by atoms with Crippen LogP contribution in [0.15, 0.2) is 36.5 Å². The van der Waals surface area contributed by atoms with Gasteiger partial charge in [-0.2, -0.15) is 9.47 Å². The Bertz CT molecular complexity index is 868. The zero-order valence-electron chi connectivity index (χ0n) is 14.6. The van der Waals surface area contributed by atoms with E-state index in [4.69, 9.17) is 11.6 Å². The van der Waals surface area contributed by atoms with E-state index in [1.807, 2.05) is 42.1 Å². The Morgan fingerprint density at radius 2 is 2.12 bits per heavy atom. The van der Waals surface area contributed by atoms with E-state index >= 15 is 0 Å². The van der Waals surface area contributed by atoms with Gasteiger partial charge in [0.25, 0.3) is 0 Å². The number of halogens is 1. The van der Waals surface area contributed by atoms with Crippen LogP contribution >= 0.6 is 23.1 Å². The molecule has 1 saturated heterocycles. The summed E-state index contributed by atoms with van der Waals surface area (Å²) in [5.41, 5.74) is 1.15. The van der Waals surface area contributed by atoms with Crippen LogP contribution in [-0.2, 0) is 6.54 Å². The second-order valence-corrected chi connectivity index (χ2v) is 7.73. The van der Waals surface area contributed by atoms with Crippen molar-refractivity contribution >= 4 is 34.1 Å². The fraction of sp³-hybridized carbons (Fsp3) is 0.389. The number of benzene rings is 1. The number of nitrogens with one attached hydrogen (secondary N) is 1. The molecule has 1 aliphatic rings. The van der Waals surface area contributed by atoms with E-state index in [1.165, 1.54) is 11.5 Å². The van der Waals surface area contributed by atoms with Crippen molar-refractivity contribution in [3.05, 3.63) is 52.9 Å². The molecule has 1 fully saturated rings. The number of anilines is 2. The fourth-order valence-corrected chi connectivity index (χ4v) is 4.13. The normalized spacial score (nSPS) is 15.4. The molecule has 1 N–H and O–H groups in total. The Morgan fingerprint density at radius 3 is 2.85 bits per heavy atom. The molecular weight excluding hydrogens is 368 g/mol. The van der Waals surface area contributed by atoms with E-state index < -0.39 is 0 Å². The molecule has 0 amide bonds. The van der Waals surface area contributed by atoms with Crippen LogP contribution in [0.3, 0.4) is 0 Å². The predicted molar refractivity (Wildman–Crippen MR) is 106 cm³/mol. The summed E-state index contributed by atoms with van der Waals surface area (Å²) in [7, 11) is 0. The number of aryl methyl sites for hydroxylation is 1. The molecule has 1 aliphatic heterocycles. The summed E-state index contributed by atoms with van der Waals surface area (Å²) >= 11 is 7.53. The summed E-state index contributed by atoms with van der Waals surface area (Å²) in [6.07, 6.45) is 4.14. The van der Waals surface area contributed by atoms with Crippen LogP contribution < -0.4 is 10.2 Å². The summed E-state index contributed by atoms with van der Waals surface area (Å²) in [5, 5.41) is 9.99. The molecule has 1 aromatic carbocycles. The Morgan fingerprint density at radius 1 is 1.27 bits per heavy atom. The molecule has 4 rings (SSSR count). The molecule has 0 atom stereocenters. The predicted octanol–water partition coefficient (Wildman–Crippen LogP) is 3.83. The van der Waals surface area contributed by atoms with Gasteiger partial charge in [-0.05, 0) is 37.5 Å². The Kier molecular flexibility index (Phi) is 5.08. The molecule has 0 saturated carbocycles. The first kappa shape index (κ1) is 17.3. The lowest BCUT2D eigenvalue weighted by Gasteiger charge is -2.31. The summed E-state index contributed by atoms with van der Waals surface area (Å²) in [6, 6.07) is 10.4. The highest BCUT2D eigenvalue weighted by Crippen LogP contribution is 2.23. The standard InChI is InChI=1S/C18H21ClN6S/c1-13-20-18(26-23-13)24-8-5-16(6-9-24)21-17-7-10-25(22-17)12-14-3-2-4-15(19)11-14/h2-4,7,10-11,16H,5-6,8-9,12H2,1H3,(H,21,22). The third-order valence-electron chi connectivity index (χ3n) is 4.51. The Hall–Kier alpha value is -2.12. The second-order valence-electron chi connectivity index (χ2n) is 6.56. The minimum Gasteiger partial charge on any atom is -0.366 e. The number of nitrogens with zero attached hydrogens (tertiary/aromatic N) is 5. The van der Waals surface area contributed by atoms with Gasteiger partial charge in [-0.1, -0.05) is 23.7 Å². The third-order valence-corrected chi connectivity index (χ3v) is 5.61. The van der Waals surface area contributed by atoms with E-state index in [0.717, 1.165) is 59.8 Å². The quantitative estimate of drug-likeness (QED) is 0.719. The minimum atomic E-state index is 0.440. The number of hydrogen-bond acceptors (Lipinski definition) is 6. The van der Waals surface area contributed by atoms with Crippen LogP contribution in [0.5, 0.6) is 0 Å². The highest BCUT2D eigenvalue weighted by Gasteiger charge is 2.21. The van der Waals surface area contributed by atoms with Crippen molar-refractivity contribution in [3.63, 3.8) is 0 Å². The van der Waals surface area contributed by atoms with Crippen molar-refractivity contribution in [1.82, 2.24) is 19.1 Å². The summed E-state index contributed by atoms with van der Waals surface area (Å²) < 4.78 is 6.21. The SMILES string of the molecule is Cc1nsc(N2CCC(Nc3ccn(Cc4cccc(Cl)c4)n3)CC2)n1. The zero-order chi connectivity index (χ0) is 17.9. The molecule has 0 radical (unpaired) electrons. The van der Waals surface area contributed by atoms with Crippen LogP contribution in [0.4, 0.5) is 10.9 Å². The van der Waals surface area contributed by atoms with Crippen molar-refractivity contribution in [2.24, 2.45) is 0 Å².